The predicted octanol–water partition coefficient (Wildman–Crippen LogP) is 3.34. The zero-order valence-corrected chi connectivity index (χ0v) is 21.0. The highest BCUT2D eigenvalue weighted by molar-refractivity contribution is 7.99. The van der Waals surface area contributed by atoms with Crippen LogP contribution in [-0.4, -0.2) is 66.7 Å². The van der Waals surface area contributed by atoms with E-state index < -0.39 is 11.9 Å². The number of ether oxygens (including phenoxy) is 2. The molecule has 1 amide bonds. The van der Waals surface area contributed by atoms with Crippen LogP contribution in [0.3, 0.4) is 0 Å². The monoisotopic (exact) mass is 497 g/mol. The highest BCUT2D eigenvalue weighted by atomic mass is 32.2. The van der Waals surface area contributed by atoms with E-state index in [0.717, 1.165) is 11.3 Å². The number of esters is 2. The van der Waals surface area contributed by atoms with Gasteiger partial charge in [-0.3, -0.25) is 4.79 Å². The van der Waals surface area contributed by atoms with Gasteiger partial charge in [-0.1, -0.05) is 23.9 Å². The van der Waals surface area contributed by atoms with Crippen LogP contribution in [0.4, 0.5) is 11.4 Å². The molecule has 0 saturated carbocycles. The summed E-state index contributed by atoms with van der Waals surface area (Å²) < 4.78 is 11.4. The lowest BCUT2D eigenvalue weighted by atomic mass is 10.1. The molecule has 0 radical (unpaired) electrons. The van der Waals surface area contributed by atoms with Crippen molar-refractivity contribution < 1.29 is 23.9 Å². The van der Waals surface area contributed by atoms with Crippen molar-refractivity contribution in [2.45, 2.75) is 18.6 Å². The van der Waals surface area contributed by atoms with E-state index in [1.807, 2.05) is 54.8 Å². The number of nitrogens with zero attached hydrogens (tertiary/aromatic N) is 4. The number of methoxy groups -OCH3 is 2. The Balaban J connectivity index is 1.75. The van der Waals surface area contributed by atoms with E-state index in [1.165, 1.54) is 44.2 Å². The van der Waals surface area contributed by atoms with Crippen molar-refractivity contribution in [3.8, 4) is 11.4 Å². The molecule has 0 aliphatic rings. The van der Waals surface area contributed by atoms with E-state index in [0.29, 0.717) is 17.5 Å². The number of nitrogens with one attached hydrogen (secondary N) is 1. The fraction of sp³-hybridized carbons (Fsp3) is 0.292. The maximum atomic E-state index is 12.7. The molecule has 0 aliphatic heterocycles. The fourth-order valence-electron chi connectivity index (χ4n) is 3.32. The van der Waals surface area contributed by atoms with Gasteiger partial charge < -0.3 is 24.3 Å². The molecule has 184 valence electrons. The molecule has 3 rings (SSSR count). The van der Waals surface area contributed by atoms with Gasteiger partial charge in [-0.2, -0.15) is 0 Å². The van der Waals surface area contributed by atoms with E-state index in [2.05, 4.69) is 15.5 Å². The molecule has 0 atom stereocenters. The highest BCUT2D eigenvalue weighted by Crippen LogP contribution is 2.27. The molecular formula is C24H27N5O5S. The number of aromatic nitrogens is 3. The van der Waals surface area contributed by atoms with Gasteiger partial charge in [0, 0.05) is 37.6 Å². The second-order valence-electron chi connectivity index (χ2n) is 7.61. The number of hydrogen-bond acceptors (Lipinski definition) is 9. The van der Waals surface area contributed by atoms with Crippen LogP contribution in [0, 0.1) is 0 Å². The van der Waals surface area contributed by atoms with Crippen LogP contribution in [0.5, 0.6) is 0 Å². The average molecular weight is 498 g/mol. The number of benzene rings is 2. The van der Waals surface area contributed by atoms with Gasteiger partial charge in [0.05, 0.1) is 31.1 Å². The van der Waals surface area contributed by atoms with E-state index in [-0.39, 0.29) is 28.5 Å². The maximum absolute atomic E-state index is 12.7. The van der Waals surface area contributed by atoms with Gasteiger partial charge in [0.2, 0.25) is 5.91 Å². The quantitative estimate of drug-likeness (QED) is 0.351. The molecule has 0 aliphatic carbocycles. The molecule has 0 unspecified atom stereocenters. The lowest BCUT2D eigenvalue weighted by Gasteiger charge is -2.14. The highest BCUT2D eigenvalue weighted by Gasteiger charge is 2.17. The van der Waals surface area contributed by atoms with Crippen molar-refractivity contribution >= 4 is 41.0 Å². The third-order valence-corrected chi connectivity index (χ3v) is 6.01. The molecule has 1 heterocycles. The minimum absolute atomic E-state index is 0.0475. The minimum Gasteiger partial charge on any atom is -0.465 e. The molecule has 35 heavy (non-hydrogen) atoms. The Morgan fingerprint density at radius 2 is 1.66 bits per heavy atom. The van der Waals surface area contributed by atoms with Crippen LogP contribution < -0.4 is 10.2 Å². The van der Waals surface area contributed by atoms with Gasteiger partial charge in [0.15, 0.2) is 11.0 Å². The van der Waals surface area contributed by atoms with Gasteiger partial charge in [-0.25, -0.2) is 9.59 Å². The van der Waals surface area contributed by atoms with Crippen molar-refractivity contribution in [2.24, 2.45) is 0 Å². The first kappa shape index (κ1) is 25.8. The number of amides is 1. The normalized spacial score (nSPS) is 10.5. The minimum atomic E-state index is -0.637. The molecule has 11 heteroatoms. The molecule has 3 aromatic rings. The summed E-state index contributed by atoms with van der Waals surface area (Å²) in [5.74, 6) is -0.848. The molecule has 2 aromatic carbocycles. The fourth-order valence-corrected chi connectivity index (χ4v) is 4.12. The molecule has 0 fully saturated rings. The second kappa shape index (κ2) is 11.5. The first-order valence-corrected chi connectivity index (χ1v) is 11.7. The van der Waals surface area contributed by atoms with Crippen LogP contribution in [0.25, 0.3) is 11.4 Å². The Kier molecular flexibility index (Phi) is 8.48. The first-order chi connectivity index (χ1) is 16.8. The molecular weight excluding hydrogens is 470 g/mol. The first-order valence-electron chi connectivity index (χ1n) is 10.7. The average Bonchev–Trinajstić information content (AvgIpc) is 3.29. The second-order valence-corrected chi connectivity index (χ2v) is 8.56. The van der Waals surface area contributed by atoms with Gasteiger partial charge >= 0.3 is 11.9 Å². The molecule has 1 aromatic heterocycles. The van der Waals surface area contributed by atoms with E-state index in [9.17, 15) is 14.4 Å². The topological polar surface area (TPSA) is 116 Å². The molecule has 0 bridgehead atoms. The zero-order chi connectivity index (χ0) is 25.5. The largest absolute Gasteiger partial charge is 0.465 e. The van der Waals surface area contributed by atoms with Gasteiger partial charge in [0.1, 0.15) is 0 Å². The summed E-state index contributed by atoms with van der Waals surface area (Å²) in [6.07, 6.45) is 0. The smallest absolute Gasteiger partial charge is 0.337 e. The number of carbonyl (C=O) groups is 3. The van der Waals surface area contributed by atoms with Crippen LogP contribution in [0.15, 0.2) is 47.6 Å². The Labute approximate surface area is 207 Å². The van der Waals surface area contributed by atoms with Crippen molar-refractivity contribution in [2.75, 3.05) is 44.3 Å². The molecule has 0 spiro atoms. The van der Waals surface area contributed by atoms with Gasteiger partial charge in [-0.05, 0) is 37.3 Å². The standard InChI is InChI=1S/C24H27N5O5S/c1-6-29-21(15-8-7-9-19(13-15)28(2)3)26-27-24(29)35-14-20(30)25-18-11-16(22(31)33-4)10-17(12-18)23(32)34-5/h7-13H,6,14H2,1-5H3,(H,25,30). The summed E-state index contributed by atoms with van der Waals surface area (Å²) >= 11 is 1.24. The van der Waals surface area contributed by atoms with Crippen molar-refractivity contribution in [1.29, 1.82) is 0 Å². The van der Waals surface area contributed by atoms with Crippen LogP contribution in [0.1, 0.15) is 27.6 Å². The third-order valence-electron chi connectivity index (χ3n) is 5.05. The number of thioether (sulfide) groups is 1. The van der Waals surface area contributed by atoms with E-state index in [1.54, 1.807) is 0 Å². The lowest BCUT2D eigenvalue weighted by Crippen LogP contribution is -2.16. The van der Waals surface area contributed by atoms with Crippen molar-refractivity contribution in [3.63, 3.8) is 0 Å². The summed E-state index contributed by atoms with van der Waals surface area (Å²) in [5, 5.41) is 11.9. The third kappa shape index (κ3) is 6.18. The summed E-state index contributed by atoms with van der Waals surface area (Å²) in [5.41, 5.74) is 2.48. The number of anilines is 2. The van der Waals surface area contributed by atoms with Crippen molar-refractivity contribution in [3.05, 3.63) is 53.6 Å². The Bertz CT molecular complexity index is 1210. The lowest BCUT2D eigenvalue weighted by molar-refractivity contribution is -0.113. The predicted molar refractivity (Wildman–Crippen MR) is 134 cm³/mol. The Morgan fingerprint density at radius 3 is 2.23 bits per heavy atom. The number of carbonyl (C=O) groups excluding carboxylic acids is 3. The number of hydrogen-bond donors (Lipinski definition) is 1. The summed E-state index contributed by atoms with van der Waals surface area (Å²) in [7, 11) is 6.41. The van der Waals surface area contributed by atoms with E-state index in [4.69, 9.17) is 9.47 Å². The summed E-state index contributed by atoms with van der Waals surface area (Å²) in [6.45, 7) is 2.61. The molecule has 0 saturated heterocycles. The SMILES string of the molecule is CCn1c(SCC(=O)Nc2cc(C(=O)OC)cc(C(=O)OC)c2)nnc1-c1cccc(N(C)C)c1. The Morgan fingerprint density at radius 1 is 1.00 bits per heavy atom. The van der Waals surface area contributed by atoms with E-state index >= 15 is 0 Å². The van der Waals surface area contributed by atoms with Gasteiger partial charge in [0.25, 0.3) is 0 Å². The maximum Gasteiger partial charge on any atom is 0.337 e. The number of rotatable bonds is 9. The molecule has 10 nitrogen and oxygen atoms in total. The summed E-state index contributed by atoms with van der Waals surface area (Å²) in [6, 6.07) is 12.2. The Hall–Kier alpha value is -3.86. The van der Waals surface area contributed by atoms with Crippen LogP contribution in [-0.2, 0) is 20.8 Å². The molecule has 1 N–H and O–H groups in total. The van der Waals surface area contributed by atoms with Crippen LogP contribution >= 0.6 is 11.8 Å². The van der Waals surface area contributed by atoms with Crippen LogP contribution in [0.2, 0.25) is 0 Å². The zero-order valence-electron chi connectivity index (χ0n) is 20.2. The summed E-state index contributed by atoms with van der Waals surface area (Å²) in [4.78, 5) is 38.6. The van der Waals surface area contributed by atoms with Gasteiger partial charge in [-0.15, -0.1) is 10.2 Å². The van der Waals surface area contributed by atoms with Crippen molar-refractivity contribution in [1.82, 2.24) is 14.8 Å².